The first-order valence-corrected chi connectivity index (χ1v) is 7.09. The van der Waals surface area contributed by atoms with Gasteiger partial charge in [0.1, 0.15) is 0 Å². The summed E-state index contributed by atoms with van der Waals surface area (Å²) < 4.78 is 5.57. The highest BCUT2D eigenvalue weighted by atomic mass is 35.5. The zero-order valence-corrected chi connectivity index (χ0v) is 11.4. The summed E-state index contributed by atoms with van der Waals surface area (Å²) in [6, 6.07) is 5.50. The second kappa shape index (κ2) is 6.31. The minimum Gasteiger partial charge on any atom is -0.409 e. The van der Waals surface area contributed by atoms with Crippen molar-refractivity contribution >= 4 is 29.2 Å². The van der Waals surface area contributed by atoms with Crippen molar-refractivity contribution in [3.8, 4) is 0 Å². The van der Waals surface area contributed by atoms with Gasteiger partial charge in [0.2, 0.25) is 0 Å². The molecule has 3 N–H and O–H groups in total. The van der Waals surface area contributed by atoms with Gasteiger partial charge in [-0.2, -0.15) is 0 Å². The van der Waals surface area contributed by atoms with Gasteiger partial charge in [-0.15, -0.1) is 11.8 Å². The van der Waals surface area contributed by atoms with E-state index in [0.717, 1.165) is 30.1 Å². The Morgan fingerprint density at radius 2 is 2.44 bits per heavy atom. The first-order valence-electron chi connectivity index (χ1n) is 5.73. The van der Waals surface area contributed by atoms with Gasteiger partial charge in [0.05, 0.1) is 16.7 Å². The number of hydrogen-bond acceptors (Lipinski definition) is 4. The molecule has 1 aromatic carbocycles. The smallest absolute Gasteiger partial charge is 0.172 e. The summed E-state index contributed by atoms with van der Waals surface area (Å²) in [6.07, 6.45) is 2.49. The largest absolute Gasteiger partial charge is 0.409 e. The van der Waals surface area contributed by atoms with E-state index in [0.29, 0.717) is 10.6 Å². The zero-order valence-electron chi connectivity index (χ0n) is 9.80. The van der Waals surface area contributed by atoms with Crippen molar-refractivity contribution in [1.29, 1.82) is 0 Å². The highest BCUT2D eigenvalue weighted by Gasteiger charge is 2.18. The van der Waals surface area contributed by atoms with E-state index in [1.807, 2.05) is 12.1 Å². The molecule has 2 rings (SSSR count). The van der Waals surface area contributed by atoms with E-state index in [1.165, 1.54) is 0 Å². The lowest BCUT2D eigenvalue weighted by Gasteiger charge is -2.12. The molecule has 1 aromatic rings. The van der Waals surface area contributed by atoms with Crippen molar-refractivity contribution in [3.05, 3.63) is 28.8 Å². The SMILES string of the molecule is N/C(=N/O)c1c(Cl)cccc1SCC1CCCO1. The minimum absolute atomic E-state index is 0.0374. The minimum atomic E-state index is 0.0374. The van der Waals surface area contributed by atoms with Gasteiger partial charge in [0.15, 0.2) is 5.84 Å². The Kier molecular flexibility index (Phi) is 4.74. The molecule has 18 heavy (non-hydrogen) atoms. The summed E-state index contributed by atoms with van der Waals surface area (Å²) in [4.78, 5) is 0.910. The molecular weight excluding hydrogens is 272 g/mol. The normalized spacial score (nSPS) is 20.3. The molecule has 1 atom stereocenters. The van der Waals surface area contributed by atoms with Crippen LogP contribution < -0.4 is 5.73 Å². The highest BCUT2D eigenvalue weighted by Crippen LogP contribution is 2.30. The number of nitrogens with zero attached hydrogens (tertiary/aromatic N) is 1. The standard InChI is InChI=1S/C12H15ClN2O2S/c13-9-4-1-5-10(11(9)12(14)15-16)18-7-8-3-2-6-17-8/h1,4-5,8,16H,2-3,6-7H2,(H2,14,15). The maximum atomic E-state index is 8.79. The topological polar surface area (TPSA) is 67.8 Å². The van der Waals surface area contributed by atoms with Crippen molar-refractivity contribution < 1.29 is 9.94 Å². The second-order valence-corrected chi connectivity index (χ2v) is 5.51. The van der Waals surface area contributed by atoms with Crippen LogP contribution >= 0.6 is 23.4 Å². The molecule has 1 unspecified atom stereocenters. The van der Waals surface area contributed by atoms with E-state index in [1.54, 1.807) is 17.8 Å². The Hall–Kier alpha value is -0.910. The van der Waals surface area contributed by atoms with Crippen LogP contribution in [-0.4, -0.2) is 29.5 Å². The third-order valence-corrected chi connectivity index (χ3v) is 4.29. The van der Waals surface area contributed by atoms with Crippen LogP contribution in [0.15, 0.2) is 28.3 Å². The molecule has 1 aliphatic rings. The predicted molar refractivity (Wildman–Crippen MR) is 73.7 cm³/mol. The lowest BCUT2D eigenvalue weighted by atomic mass is 10.2. The predicted octanol–water partition coefficient (Wildman–Crippen LogP) is 2.71. The maximum absolute atomic E-state index is 8.79. The zero-order chi connectivity index (χ0) is 13.0. The van der Waals surface area contributed by atoms with Crippen LogP contribution in [0.1, 0.15) is 18.4 Å². The highest BCUT2D eigenvalue weighted by molar-refractivity contribution is 7.99. The molecule has 1 fully saturated rings. The maximum Gasteiger partial charge on any atom is 0.172 e. The van der Waals surface area contributed by atoms with E-state index in [-0.39, 0.29) is 11.9 Å². The fraction of sp³-hybridized carbons (Fsp3) is 0.417. The first-order chi connectivity index (χ1) is 8.72. The number of hydrogen-bond donors (Lipinski definition) is 2. The Bertz CT molecular complexity index is 448. The van der Waals surface area contributed by atoms with Crippen LogP contribution in [0.4, 0.5) is 0 Å². The van der Waals surface area contributed by atoms with Crippen molar-refractivity contribution in [2.45, 2.75) is 23.8 Å². The monoisotopic (exact) mass is 286 g/mol. The number of oxime groups is 1. The molecule has 0 bridgehead atoms. The Labute approximate surface area is 115 Å². The quantitative estimate of drug-likeness (QED) is 0.294. The molecule has 0 radical (unpaired) electrons. The third kappa shape index (κ3) is 3.10. The fourth-order valence-corrected chi connectivity index (χ4v) is 3.37. The number of nitrogens with two attached hydrogens (primary N) is 1. The molecule has 6 heteroatoms. The van der Waals surface area contributed by atoms with Crippen LogP contribution in [0.2, 0.25) is 5.02 Å². The summed E-state index contributed by atoms with van der Waals surface area (Å²) in [5.74, 6) is 0.891. The van der Waals surface area contributed by atoms with Gasteiger partial charge in [-0.3, -0.25) is 0 Å². The van der Waals surface area contributed by atoms with Gasteiger partial charge < -0.3 is 15.7 Å². The number of halogens is 1. The van der Waals surface area contributed by atoms with Crippen molar-refractivity contribution in [1.82, 2.24) is 0 Å². The lowest BCUT2D eigenvalue weighted by Crippen LogP contribution is -2.15. The molecule has 4 nitrogen and oxygen atoms in total. The van der Waals surface area contributed by atoms with Gasteiger partial charge in [-0.25, -0.2) is 0 Å². The first kappa shape index (κ1) is 13.5. The van der Waals surface area contributed by atoms with Crippen molar-refractivity contribution in [2.24, 2.45) is 10.9 Å². The Morgan fingerprint density at radius 3 is 3.11 bits per heavy atom. The number of benzene rings is 1. The number of rotatable bonds is 4. The third-order valence-electron chi connectivity index (χ3n) is 2.79. The van der Waals surface area contributed by atoms with E-state index >= 15 is 0 Å². The number of thioether (sulfide) groups is 1. The molecule has 0 amide bonds. The van der Waals surface area contributed by atoms with Gasteiger partial charge in [0.25, 0.3) is 0 Å². The molecule has 0 spiro atoms. The van der Waals surface area contributed by atoms with Gasteiger partial charge >= 0.3 is 0 Å². The van der Waals surface area contributed by atoms with Gasteiger partial charge in [-0.05, 0) is 25.0 Å². The van der Waals surface area contributed by atoms with Crippen LogP contribution in [0, 0.1) is 0 Å². The fourth-order valence-electron chi connectivity index (χ4n) is 1.88. The number of ether oxygens (including phenoxy) is 1. The summed E-state index contributed by atoms with van der Waals surface area (Å²) in [6.45, 7) is 0.841. The molecule has 0 saturated carbocycles. The second-order valence-electron chi connectivity index (χ2n) is 4.04. The average molecular weight is 287 g/mol. The molecule has 1 aliphatic heterocycles. The van der Waals surface area contributed by atoms with E-state index < -0.39 is 0 Å². The molecule has 1 heterocycles. The Morgan fingerprint density at radius 1 is 1.61 bits per heavy atom. The summed E-state index contributed by atoms with van der Waals surface area (Å²) in [7, 11) is 0. The summed E-state index contributed by atoms with van der Waals surface area (Å²) in [5, 5.41) is 12.3. The lowest BCUT2D eigenvalue weighted by molar-refractivity contribution is 0.129. The van der Waals surface area contributed by atoms with Gasteiger partial charge in [-0.1, -0.05) is 22.8 Å². The molecular formula is C12H15ClN2O2S. The van der Waals surface area contributed by atoms with Crippen molar-refractivity contribution in [2.75, 3.05) is 12.4 Å². The summed E-state index contributed by atoms with van der Waals surface area (Å²) >= 11 is 7.70. The van der Waals surface area contributed by atoms with Crippen molar-refractivity contribution in [3.63, 3.8) is 0 Å². The van der Waals surface area contributed by atoms with E-state index in [9.17, 15) is 0 Å². The van der Waals surface area contributed by atoms with Crippen LogP contribution in [0.3, 0.4) is 0 Å². The molecule has 0 aromatic heterocycles. The van der Waals surface area contributed by atoms with Crippen LogP contribution in [0.25, 0.3) is 0 Å². The summed E-state index contributed by atoms with van der Waals surface area (Å²) in [5.41, 5.74) is 6.24. The average Bonchev–Trinajstić information content (AvgIpc) is 2.88. The molecule has 1 saturated heterocycles. The van der Waals surface area contributed by atoms with Crippen LogP contribution in [-0.2, 0) is 4.74 Å². The Balaban J connectivity index is 2.13. The molecule has 98 valence electrons. The van der Waals surface area contributed by atoms with E-state index in [2.05, 4.69) is 5.16 Å². The van der Waals surface area contributed by atoms with Crippen LogP contribution in [0.5, 0.6) is 0 Å². The molecule has 0 aliphatic carbocycles. The number of amidine groups is 1. The van der Waals surface area contributed by atoms with Gasteiger partial charge in [0, 0.05) is 17.3 Å². The van der Waals surface area contributed by atoms with E-state index in [4.69, 9.17) is 27.3 Å².